The van der Waals surface area contributed by atoms with Gasteiger partial charge < -0.3 is 10.1 Å². The maximum atomic E-state index is 13.2. The van der Waals surface area contributed by atoms with Gasteiger partial charge >= 0.3 is 0 Å². The summed E-state index contributed by atoms with van der Waals surface area (Å²) in [5.74, 6) is -0.0199. The largest absolute Gasteiger partial charge is 0.494 e. The van der Waals surface area contributed by atoms with Gasteiger partial charge in [0.25, 0.3) is 0 Å². The summed E-state index contributed by atoms with van der Waals surface area (Å²) >= 11 is 0. The van der Waals surface area contributed by atoms with Crippen molar-refractivity contribution in [3.8, 4) is 5.75 Å². The zero-order chi connectivity index (χ0) is 13.9. The molecule has 1 aromatic rings. The molecule has 19 heavy (non-hydrogen) atoms. The van der Waals surface area contributed by atoms with E-state index >= 15 is 0 Å². The Hall–Kier alpha value is -1.25. The van der Waals surface area contributed by atoms with Crippen molar-refractivity contribution in [3.63, 3.8) is 0 Å². The Morgan fingerprint density at radius 1 is 1.05 bits per heavy atom. The number of halogens is 1. The lowest BCUT2D eigenvalue weighted by Crippen LogP contribution is -2.02. The summed E-state index contributed by atoms with van der Waals surface area (Å²) in [6.07, 6.45) is 9.09. The second-order valence-electron chi connectivity index (χ2n) is 4.90. The van der Waals surface area contributed by atoms with Crippen molar-refractivity contribution >= 4 is 5.69 Å². The van der Waals surface area contributed by atoms with Gasteiger partial charge in [0.15, 0.2) is 11.6 Å². The number of nitrogens with one attached hydrogen (secondary N) is 1. The van der Waals surface area contributed by atoms with E-state index in [0.29, 0.717) is 5.75 Å². The smallest absolute Gasteiger partial charge is 0.165 e. The molecule has 108 valence electrons. The van der Waals surface area contributed by atoms with Crippen LogP contribution in [-0.2, 0) is 0 Å². The van der Waals surface area contributed by atoms with Gasteiger partial charge in [0.05, 0.1) is 7.11 Å². The quantitative estimate of drug-likeness (QED) is 0.602. The van der Waals surface area contributed by atoms with E-state index < -0.39 is 0 Å². The van der Waals surface area contributed by atoms with Crippen LogP contribution >= 0.6 is 0 Å². The molecule has 1 aromatic carbocycles. The molecule has 0 aliphatic carbocycles. The first-order valence-corrected chi connectivity index (χ1v) is 7.35. The van der Waals surface area contributed by atoms with Crippen LogP contribution in [0.3, 0.4) is 0 Å². The van der Waals surface area contributed by atoms with Crippen LogP contribution in [0.2, 0.25) is 0 Å². The third-order valence-corrected chi connectivity index (χ3v) is 3.26. The molecule has 0 spiro atoms. The molecule has 1 N–H and O–H groups in total. The minimum absolute atomic E-state index is 0.296. The zero-order valence-corrected chi connectivity index (χ0v) is 12.2. The highest BCUT2D eigenvalue weighted by Crippen LogP contribution is 2.21. The fourth-order valence-corrected chi connectivity index (χ4v) is 2.08. The fourth-order valence-electron chi connectivity index (χ4n) is 2.08. The molecule has 0 saturated carbocycles. The van der Waals surface area contributed by atoms with Crippen LogP contribution in [-0.4, -0.2) is 13.7 Å². The van der Waals surface area contributed by atoms with Gasteiger partial charge in [-0.05, 0) is 18.6 Å². The minimum atomic E-state index is -0.316. The first-order valence-electron chi connectivity index (χ1n) is 7.35. The Labute approximate surface area is 116 Å². The summed E-state index contributed by atoms with van der Waals surface area (Å²) in [7, 11) is 1.48. The lowest BCUT2D eigenvalue weighted by molar-refractivity contribution is 0.387. The Balaban J connectivity index is 2.12. The number of methoxy groups -OCH3 is 1. The van der Waals surface area contributed by atoms with Gasteiger partial charge in [0, 0.05) is 18.3 Å². The lowest BCUT2D eigenvalue weighted by atomic mass is 10.1. The molecule has 0 saturated heterocycles. The zero-order valence-electron chi connectivity index (χ0n) is 12.2. The van der Waals surface area contributed by atoms with Crippen LogP contribution in [0.5, 0.6) is 5.75 Å². The molecular weight excluding hydrogens is 241 g/mol. The monoisotopic (exact) mass is 267 g/mol. The van der Waals surface area contributed by atoms with E-state index in [4.69, 9.17) is 4.74 Å². The summed E-state index contributed by atoms with van der Waals surface area (Å²) in [6, 6.07) is 4.89. The number of rotatable bonds is 10. The highest BCUT2D eigenvalue weighted by Gasteiger charge is 2.02. The average Bonchev–Trinajstić information content (AvgIpc) is 2.43. The highest BCUT2D eigenvalue weighted by atomic mass is 19.1. The van der Waals surface area contributed by atoms with E-state index in [2.05, 4.69) is 12.2 Å². The van der Waals surface area contributed by atoms with Crippen molar-refractivity contribution in [1.29, 1.82) is 0 Å². The molecule has 3 heteroatoms. The molecule has 0 aliphatic heterocycles. The Morgan fingerprint density at radius 2 is 1.74 bits per heavy atom. The summed E-state index contributed by atoms with van der Waals surface area (Å²) in [5.41, 5.74) is 0.921. The molecule has 0 bridgehead atoms. The van der Waals surface area contributed by atoms with Crippen molar-refractivity contribution in [2.24, 2.45) is 0 Å². The number of anilines is 1. The van der Waals surface area contributed by atoms with E-state index in [9.17, 15) is 4.39 Å². The molecule has 0 aromatic heterocycles. The normalized spacial score (nSPS) is 10.5. The average molecular weight is 267 g/mol. The second-order valence-corrected chi connectivity index (χ2v) is 4.90. The topological polar surface area (TPSA) is 21.3 Å². The summed E-state index contributed by atoms with van der Waals surface area (Å²) < 4.78 is 18.2. The van der Waals surface area contributed by atoms with E-state index in [1.54, 1.807) is 12.1 Å². The van der Waals surface area contributed by atoms with Crippen LogP contribution in [0.4, 0.5) is 10.1 Å². The number of hydrogen-bond donors (Lipinski definition) is 1. The van der Waals surface area contributed by atoms with Crippen molar-refractivity contribution in [2.45, 2.75) is 51.9 Å². The molecule has 0 aliphatic rings. The lowest BCUT2D eigenvalue weighted by Gasteiger charge is -2.08. The molecular formula is C16H26FNO. The van der Waals surface area contributed by atoms with Crippen LogP contribution in [0.25, 0.3) is 0 Å². The van der Waals surface area contributed by atoms with E-state index in [1.807, 2.05) is 0 Å². The van der Waals surface area contributed by atoms with Crippen LogP contribution in [0.15, 0.2) is 18.2 Å². The summed E-state index contributed by atoms with van der Waals surface area (Å²) in [6.45, 7) is 3.17. The van der Waals surface area contributed by atoms with Gasteiger partial charge in [-0.3, -0.25) is 0 Å². The summed E-state index contributed by atoms with van der Waals surface area (Å²) in [4.78, 5) is 0. The number of hydrogen-bond acceptors (Lipinski definition) is 2. The Bertz CT molecular complexity index is 355. The van der Waals surface area contributed by atoms with E-state index in [-0.39, 0.29) is 5.82 Å². The van der Waals surface area contributed by atoms with Crippen LogP contribution < -0.4 is 10.1 Å². The fraction of sp³-hybridized carbons (Fsp3) is 0.625. The summed E-state index contributed by atoms with van der Waals surface area (Å²) in [5, 5.41) is 3.30. The number of unbranched alkanes of at least 4 members (excludes halogenated alkanes) is 6. The van der Waals surface area contributed by atoms with Gasteiger partial charge in [-0.25, -0.2) is 4.39 Å². The molecule has 0 heterocycles. The number of benzene rings is 1. The van der Waals surface area contributed by atoms with Crippen molar-refractivity contribution in [3.05, 3.63) is 24.0 Å². The van der Waals surface area contributed by atoms with Crippen molar-refractivity contribution in [1.82, 2.24) is 0 Å². The molecule has 0 amide bonds. The first-order chi connectivity index (χ1) is 9.27. The number of ether oxygens (including phenoxy) is 1. The third-order valence-electron chi connectivity index (χ3n) is 3.26. The predicted molar refractivity (Wildman–Crippen MR) is 79.4 cm³/mol. The van der Waals surface area contributed by atoms with Crippen molar-refractivity contribution < 1.29 is 9.13 Å². The van der Waals surface area contributed by atoms with Gasteiger partial charge in [-0.1, -0.05) is 45.4 Å². The molecule has 2 nitrogen and oxygen atoms in total. The molecule has 0 atom stereocenters. The van der Waals surface area contributed by atoms with Crippen molar-refractivity contribution in [2.75, 3.05) is 19.0 Å². The molecule has 0 fully saturated rings. The van der Waals surface area contributed by atoms with Crippen LogP contribution in [0.1, 0.15) is 51.9 Å². The Kier molecular flexibility index (Phi) is 8.03. The van der Waals surface area contributed by atoms with E-state index in [1.165, 1.54) is 51.7 Å². The van der Waals surface area contributed by atoms with E-state index in [0.717, 1.165) is 18.7 Å². The maximum Gasteiger partial charge on any atom is 0.165 e. The van der Waals surface area contributed by atoms with Gasteiger partial charge in [-0.15, -0.1) is 0 Å². The maximum absolute atomic E-state index is 13.2. The first kappa shape index (κ1) is 15.8. The van der Waals surface area contributed by atoms with Gasteiger partial charge in [0.2, 0.25) is 0 Å². The highest BCUT2D eigenvalue weighted by molar-refractivity contribution is 5.48. The second kappa shape index (κ2) is 9.65. The third kappa shape index (κ3) is 6.46. The molecule has 0 radical (unpaired) electrons. The minimum Gasteiger partial charge on any atom is -0.494 e. The molecule has 0 unspecified atom stereocenters. The predicted octanol–water partition coefficient (Wildman–Crippen LogP) is 5.00. The molecule has 1 rings (SSSR count). The van der Waals surface area contributed by atoms with Crippen LogP contribution in [0, 0.1) is 5.82 Å². The Morgan fingerprint density at radius 3 is 2.42 bits per heavy atom. The van der Waals surface area contributed by atoms with Gasteiger partial charge in [0.1, 0.15) is 0 Å². The SMILES string of the molecule is CCCCCCCCCNc1ccc(F)c(OC)c1. The van der Waals surface area contributed by atoms with Gasteiger partial charge in [-0.2, -0.15) is 0 Å². The standard InChI is InChI=1S/C16H26FNO/c1-3-4-5-6-7-8-9-12-18-14-10-11-15(17)16(13-14)19-2/h10-11,13,18H,3-9,12H2,1-2H3.